The van der Waals surface area contributed by atoms with Crippen LogP contribution in [0.3, 0.4) is 0 Å². The molecule has 4 aliphatic rings. The van der Waals surface area contributed by atoms with E-state index in [1.807, 2.05) is 42.7 Å². The number of pyridine rings is 2. The maximum atomic E-state index is 13.3. The molecule has 0 unspecified atom stereocenters. The van der Waals surface area contributed by atoms with Crippen LogP contribution >= 0.6 is 0 Å². The smallest absolute Gasteiger partial charge is 0.228 e. The van der Waals surface area contributed by atoms with Crippen LogP contribution < -0.4 is 4.74 Å². The number of aryl methyl sites for hydroxylation is 1. The number of aromatic nitrogens is 3. The molecule has 0 saturated heterocycles. The molecule has 1 aromatic carbocycles. The van der Waals surface area contributed by atoms with E-state index in [9.17, 15) is 4.79 Å². The summed E-state index contributed by atoms with van der Waals surface area (Å²) in [6.07, 6.45) is 11.9. The molecule has 8 rings (SSSR count). The lowest BCUT2D eigenvalue weighted by Crippen LogP contribution is -2.70. The number of hydrogen-bond donors (Lipinski definition) is 1. The highest BCUT2D eigenvalue weighted by Gasteiger charge is 2.72. The number of benzene rings is 1. The average Bonchev–Trinajstić information content (AvgIpc) is 3.22. The Labute approximate surface area is 240 Å². The molecule has 0 atom stereocenters. The van der Waals surface area contributed by atoms with E-state index in [0.717, 1.165) is 68.1 Å². The van der Waals surface area contributed by atoms with Crippen molar-refractivity contribution in [2.24, 2.45) is 17.9 Å². The van der Waals surface area contributed by atoms with Gasteiger partial charge in [0.2, 0.25) is 11.8 Å². The minimum absolute atomic E-state index is 0.0843. The Morgan fingerprint density at radius 3 is 2.61 bits per heavy atom. The molecule has 0 spiro atoms. The first-order valence-corrected chi connectivity index (χ1v) is 14.8. The Morgan fingerprint density at radius 2 is 1.85 bits per heavy atom. The molecule has 4 aromatic rings. The number of aliphatic hydroxyl groups is 1. The first-order valence-electron chi connectivity index (χ1n) is 14.8. The van der Waals surface area contributed by atoms with Gasteiger partial charge in [-0.15, -0.1) is 0 Å². The summed E-state index contributed by atoms with van der Waals surface area (Å²) in [5, 5.41) is 11.2. The first-order chi connectivity index (χ1) is 19.9. The monoisotopic (exact) mass is 554 g/mol. The van der Waals surface area contributed by atoms with Crippen LogP contribution in [0.4, 0.5) is 0 Å². The third kappa shape index (κ3) is 4.48. The van der Waals surface area contributed by atoms with Gasteiger partial charge in [0.1, 0.15) is 6.10 Å². The highest BCUT2D eigenvalue weighted by atomic mass is 16.5. The lowest BCUT2D eigenvalue weighted by molar-refractivity contribution is -0.235. The third-order valence-electron chi connectivity index (χ3n) is 9.80. The van der Waals surface area contributed by atoms with Crippen molar-refractivity contribution < 1.29 is 19.4 Å². The average molecular weight is 555 g/mol. The number of rotatable bonds is 11. The van der Waals surface area contributed by atoms with Gasteiger partial charge in [-0.1, -0.05) is 12.1 Å². The quantitative estimate of drug-likeness (QED) is 0.259. The SMILES string of the molecule is CN(C(=O)C12CC(COCCCCO)(C1)C2)C1CC(Oc2ccc(-c3ccc4c5cnccc5n(C)c4c3)cn2)C1. The van der Waals surface area contributed by atoms with E-state index in [0.29, 0.717) is 18.4 Å². The van der Waals surface area contributed by atoms with Crippen LogP contribution in [0.1, 0.15) is 44.9 Å². The van der Waals surface area contributed by atoms with Crippen LogP contribution in [0.5, 0.6) is 5.88 Å². The topological polar surface area (TPSA) is 89.7 Å². The fourth-order valence-electron chi connectivity index (χ4n) is 7.50. The zero-order valence-corrected chi connectivity index (χ0v) is 23.9. The van der Waals surface area contributed by atoms with Gasteiger partial charge in [0.25, 0.3) is 0 Å². The number of fused-ring (bicyclic) bond motifs is 3. The minimum atomic E-state index is -0.154. The molecule has 41 heavy (non-hydrogen) atoms. The molecule has 8 heteroatoms. The third-order valence-corrected chi connectivity index (χ3v) is 9.80. The van der Waals surface area contributed by atoms with Crippen LogP contribution in [-0.4, -0.2) is 69.5 Å². The molecule has 4 saturated carbocycles. The molecule has 2 bridgehead atoms. The number of amides is 1. The zero-order valence-electron chi connectivity index (χ0n) is 23.9. The molecule has 4 aliphatic carbocycles. The van der Waals surface area contributed by atoms with Crippen molar-refractivity contribution >= 4 is 27.7 Å². The van der Waals surface area contributed by atoms with Crippen molar-refractivity contribution in [3.63, 3.8) is 0 Å². The van der Waals surface area contributed by atoms with Gasteiger partial charge in [-0.05, 0) is 61.3 Å². The number of unbranched alkanes of at least 4 members (excludes halogenated alkanes) is 1. The lowest BCUT2D eigenvalue weighted by Gasteiger charge is -2.70. The number of ether oxygens (including phenoxy) is 2. The predicted molar refractivity (Wildman–Crippen MR) is 158 cm³/mol. The number of nitrogens with zero attached hydrogens (tertiary/aromatic N) is 4. The second-order valence-electron chi connectivity index (χ2n) is 12.6. The zero-order chi connectivity index (χ0) is 28.2. The number of carbonyl (C=O) groups is 1. The summed E-state index contributed by atoms with van der Waals surface area (Å²) in [5.41, 5.74) is 4.57. The van der Waals surface area contributed by atoms with E-state index in [-0.39, 0.29) is 29.6 Å². The van der Waals surface area contributed by atoms with Crippen molar-refractivity contribution in [1.29, 1.82) is 0 Å². The van der Waals surface area contributed by atoms with E-state index in [4.69, 9.17) is 14.6 Å². The van der Waals surface area contributed by atoms with Crippen molar-refractivity contribution in [2.45, 2.75) is 57.1 Å². The molecule has 0 radical (unpaired) electrons. The summed E-state index contributed by atoms with van der Waals surface area (Å²) in [4.78, 5) is 24.1. The summed E-state index contributed by atoms with van der Waals surface area (Å²) < 4.78 is 14.2. The summed E-state index contributed by atoms with van der Waals surface area (Å²) in [6.45, 7) is 1.66. The Bertz CT molecular complexity index is 1570. The summed E-state index contributed by atoms with van der Waals surface area (Å²) in [7, 11) is 4.04. The second-order valence-corrected chi connectivity index (χ2v) is 12.6. The first kappa shape index (κ1) is 26.4. The van der Waals surface area contributed by atoms with Gasteiger partial charge in [0.15, 0.2) is 0 Å². The summed E-state index contributed by atoms with van der Waals surface area (Å²) in [6, 6.07) is 12.8. The van der Waals surface area contributed by atoms with Gasteiger partial charge >= 0.3 is 0 Å². The summed E-state index contributed by atoms with van der Waals surface area (Å²) >= 11 is 0. The van der Waals surface area contributed by atoms with E-state index >= 15 is 0 Å². The summed E-state index contributed by atoms with van der Waals surface area (Å²) in [5.74, 6) is 0.924. The fourth-order valence-corrected chi connectivity index (χ4v) is 7.50. The van der Waals surface area contributed by atoms with E-state index in [1.54, 1.807) is 0 Å². The predicted octanol–water partition coefficient (Wildman–Crippen LogP) is 5.12. The highest BCUT2D eigenvalue weighted by Crippen LogP contribution is 2.74. The molecule has 8 nitrogen and oxygen atoms in total. The van der Waals surface area contributed by atoms with Crippen molar-refractivity contribution in [2.75, 3.05) is 26.9 Å². The van der Waals surface area contributed by atoms with Crippen molar-refractivity contribution in [3.8, 4) is 17.0 Å². The van der Waals surface area contributed by atoms with Crippen molar-refractivity contribution in [1.82, 2.24) is 19.4 Å². The Balaban J connectivity index is 0.904. The van der Waals surface area contributed by atoms with Gasteiger partial charge in [-0.2, -0.15) is 0 Å². The van der Waals surface area contributed by atoms with Gasteiger partial charge in [0, 0.05) is 92.7 Å². The van der Waals surface area contributed by atoms with Gasteiger partial charge < -0.3 is 24.0 Å². The molecular weight excluding hydrogens is 516 g/mol. The van der Waals surface area contributed by atoms with Gasteiger partial charge in [0.05, 0.1) is 17.5 Å². The van der Waals surface area contributed by atoms with Crippen LogP contribution in [0.25, 0.3) is 32.9 Å². The molecule has 3 aromatic heterocycles. The maximum absolute atomic E-state index is 13.3. The molecule has 0 aliphatic heterocycles. The standard InChI is InChI=1S/C33H38N4O4/c1-36(31(39)33-18-32(19-33,20-33)21-40-12-4-3-11-38)24-14-25(15-24)41-30-8-6-23(16-35-30)22-5-7-26-27-17-34-10-9-28(27)37(2)29(26)13-22/h5-10,13,16-17,24-25,38H,3-4,11-12,14-15,18-21H2,1-2H3. The van der Waals surface area contributed by atoms with Crippen LogP contribution in [-0.2, 0) is 16.6 Å². The highest BCUT2D eigenvalue weighted by molar-refractivity contribution is 6.08. The number of hydrogen-bond acceptors (Lipinski definition) is 6. The van der Waals surface area contributed by atoms with Gasteiger partial charge in [-0.25, -0.2) is 4.98 Å². The molecule has 1 N–H and O–H groups in total. The van der Waals surface area contributed by atoms with E-state index < -0.39 is 0 Å². The van der Waals surface area contributed by atoms with Crippen LogP contribution in [0.15, 0.2) is 55.0 Å². The molecule has 3 heterocycles. The Hall–Kier alpha value is -3.49. The van der Waals surface area contributed by atoms with Crippen molar-refractivity contribution in [3.05, 3.63) is 55.0 Å². The molecular formula is C33H38N4O4. The Kier molecular flexibility index (Phi) is 6.51. The minimum Gasteiger partial charge on any atom is -0.474 e. The number of aliphatic hydroxyl groups excluding tert-OH is 1. The van der Waals surface area contributed by atoms with Crippen LogP contribution in [0.2, 0.25) is 0 Å². The van der Waals surface area contributed by atoms with Crippen LogP contribution in [0, 0.1) is 10.8 Å². The maximum Gasteiger partial charge on any atom is 0.228 e. The Morgan fingerprint density at radius 1 is 1.05 bits per heavy atom. The second kappa shape index (κ2) is 10.1. The fraction of sp³-hybridized carbons (Fsp3) is 0.485. The number of carbonyl (C=O) groups excluding carboxylic acids is 1. The van der Waals surface area contributed by atoms with E-state index in [2.05, 4.69) is 45.8 Å². The lowest BCUT2D eigenvalue weighted by atomic mass is 9.35. The molecule has 4 fully saturated rings. The van der Waals surface area contributed by atoms with Gasteiger partial charge in [-0.3, -0.25) is 9.78 Å². The normalized spacial score (nSPS) is 26.3. The molecule has 1 amide bonds. The van der Waals surface area contributed by atoms with E-state index in [1.165, 1.54) is 16.4 Å². The largest absolute Gasteiger partial charge is 0.474 e. The molecule has 214 valence electrons.